The van der Waals surface area contributed by atoms with Crippen molar-refractivity contribution in [3.05, 3.63) is 99.8 Å². The number of hydrogen-bond donors (Lipinski definition) is 2. The summed E-state index contributed by atoms with van der Waals surface area (Å²) in [6.07, 6.45) is -4.96. The molecule has 2 N–H and O–H groups in total. The van der Waals surface area contributed by atoms with Gasteiger partial charge in [-0.05, 0) is 55.5 Å². The van der Waals surface area contributed by atoms with Crippen LogP contribution < -0.4 is 11.0 Å². The van der Waals surface area contributed by atoms with Crippen molar-refractivity contribution in [2.24, 2.45) is 0 Å². The molecule has 4 aromatic heterocycles. The highest BCUT2D eigenvalue weighted by molar-refractivity contribution is 6.30. The van der Waals surface area contributed by atoms with E-state index >= 15 is 0 Å². The molecule has 0 bridgehead atoms. The van der Waals surface area contributed by atoms with Crippen molar-refractivity contribution >= 4 is 23.3 Å². The Balaban J connectivity index is 1.43. The number of benzene rings is 1. The van der Waals surface area contributed by atoms with Gasteiger partial charge in [0.25, 0.3) is 5.91 Å². The summed E-state index contributed by atoms with van der Waals surface area (Å²) in [4.78, 5) is 38.5. The van der Waals surface area contributed by atoms with Crippen LogP contribution in [0, 0.1) is 6.92 Å². The summed E-state index contributed by atoms with van der Waals surface area (Å²) >= 11 is 5.92. The summed E-state index contributed by atoms with van der Waals surface area (Å²) in [5.74, 6) is -0.356. The molecule has 0 saturated carbocycles. The van der Waals surface area contributed by atoms with Crippen molar-refractivity contribution in [3.8, 4) is 17.1 Å². The van der Waals surface area contributed by atoms with Crippen molar-refractivity contribution in [1.82, 2.24) is 39.1 Å². The number of aliphatic hydroxyl groups excluding tert-OH is 1. The lowest BCUT2D eigenvalue weighted by atomic mass is 10.2. The van der Waals surface area contributed by atoms with Crippen LogP contribution in [0.4, 0.5) is 19.0 Å². The number of aliphatic hydroxyl groups is 1. The molecule has 0 fully saturated rings. The third-order valence-electron chi connectivity index (χ3n) is 5.98. The second-order valence-corrected chi connectivity index (χ2v) is 9.47. The van der Waals surface area contributed by atoms with Crippen LogP contribution in [-0.2, 0) is 13.1 Å². The average Bonchev–Trinajstić information content (AvgIpc) is 3.54. The van der Waals surface area contributed by atoms with Crippen molar-refractivity contribution < 1.29 is 23.1 Å². The van der Waals surface area contributed by atoms with Gasteiger partial charge in [-0.25, -0.2) is 29.1 Å². The molecule has 1 aromatic carbocycles. The number of aryl methyl sites for hydroxylation is 1. The quantitative estimate of drug-likeness (QED) is 0.276. The maximum absolute atomic E-state index is 13.1. The maximum atomic E-state index is 13.1. The molecular weight excluding hydrogens is 579 g/mol. The van der Waals surface area contributed by atoms with Gasteiger partial charge < -0.3 is 10.4 Å². The van der Waals surface area contributed by atoms with E-state index in [0.29, 0.717) is 22.0 Å². The number of carbonyl (C=O) groups excluding carboxylic acids is 1. The van der Waals surface area contributed by atoms with Crippen LogP contribution in [0.3, 0.4) is 0 Å². The summed E-state index contributed by atoms with van der Waals surface area (Å²) < 4.78 is 42.3. The van der Waals surface area contributed by atoms with Gasteiger partial charge in [-0.2, -0.15) is 13.2 Å². The number of rotatable bonds is 8. The first-order chi connectivity index (χ1) is 20.0. The smallest absolute Gasteiger partial charge is 0.382 e. The number of carbonyl (C=O) groups is 1. The molecule has 0 aliphatic rings. The highest BCUT2D eigenvalue weighted by atomic mass is 35.5. The van der Waals surface area contributed by atoms with Crippen molar-refractivity contribution in [2.45, 2.75) is 32.3 Å². The zero-order valence-corrected chi connectivity index (χ0v) is 22.5. The SMILES string of the molecule is Cc1cccc(C(=O)Nc2ncccc2-n2cnc(Cn3nc(-c4ccc(Cl)cc4)n(C[C@H](O)C(F)(F)F)c3=O)n2)n1. The normalized spacial score (nSPS) is 12.3. The number of halogens is 4. The van der Waals surface area contributed by atoms with E-state index in [-0.39, 0.29) is 29.7 Å². The summed E-state index contributed by atoms with van der Waals surface area (Å²) in [5.41, 5.74) is 0.592. The van der Waals surface area contributed by atoms with Gasteiger partial charge in [0.15, 0.2) is 23.6 Å². The minimum atomic E-state index is -4.95. The molecule has 16 heteroatoms. The molecular formula is C26H21ClF3N9O3. The number of anilines is 1. The first kappa shape index (κ1) is 28.6. The fraction of sp³-hybridized carbons (Fsp3) is 0.192. The molecule has 1 amide bonds. The number of hydrogen-bond acceptors (Lipinski definition) is 8. The lowest BCUT2D eigenvalue weighted by Gasteiger charge is -2.15. The van der Waals surface area contributed by atoms with Gasteiger partial charge in [0.2, 0.25) is 0 Å². The van der Waals surface area contributed by atoms with Crippen molar-refractivity contribution in [3.63, 3.8) is 0 Å². The topological polar surface area (TPSA) is 146 Å². The highest BCUT2D eigenvalue weighted by Crippen LogP contribution is 2.24. The molecule has 0 aliphatic carbocycles. The largest absolute Gasteiger partial charge is 0.416 e. The Morgan fingerprint density at radius 3 is 2.55 bits per heavy atom. The minimum Gasteiger partial charge on any atom is -0.382 e. The number of pyridine rings is 2. The minimum absolute atomic E-state index is 0.0854. The molecule has 4 heterocycles. The number of alkyl halides is 3. The summed E-state index contributed by atoms with van der Waals surface area (Å²) in [5, 5.41) is 21.3. The van der Waals surface area contributed by atoms with E-state index in [1.54, 1.807) is 37.3 Å². The Morgan fingerprint density at radius 1 is 1.07 bits per heavy atom. The standard InChI is InChI=1S/C26H21ClF3N9O3/c1-15-4-2-5-18(33-15)24(41)34-22-19(6-3-11-31-22)39-14-32-21(35-39)13-38-25(42)37(12-20(40)26(28,29)30)23(36-38)16-7-9-17(27)10-8-16/h2-11,14,20,40H,12-13H2,1H3,(H,31,34,41)/t20-/m0/s1. The molecule has 5 aromatic rings. The molecule has 0 saturated heterocycles. The molecule has 0 aliphatic heterocycles. The van der Waals surface area contributed by atoms with E-state index in [0.717, 1.165) is 9.25 Å². The Kier molecular flexibility index (Phi) is 7.87. The van der Waals surface area contributed by atoms with E-state index in [2.05, 4.69) is 30.5 Å². The predicted octanol–water partition coefficient (Wildman–Crippen LogP) is 3.27. The number of aromatic nitrogens is 8. The molecule has 0 radical (unpaired) electrons. The van der Waals surface area contributed by atoms with Gasteiger partial charge in [0.05, 0.1) is 6.54 Å². The number of nitrogens with zero attached hydrogens (tertiary/aromatic N) is 8. The van der Waals surface area contributed by atoms with E-state index in [4.69, 9.17) is 11.6 Å². The second-order valence-electron chi connectivity index (χ2n) is 9.03. The zero-order chi connectivity index (χ0) is 30.0. The van der Waals surface area contributed by atoms with E-state index in [1.165, 1.54) is 41.5 Å². The monoisotopic (exact) mass is 599 g/mol. The number of nitrogens with one attached hydrogen (secondary N) is 1. The molecule has 216 valence electrons. The van der Waals surface area contributed by atoms with Gasteiger partial charge >= 0.3 is 11.9 Å². The summed E-state index contributed by atoms with van der Waals surface area (Å²) in [6, 6.07) is 14.2. The van der Waals surface area contributed by atoms with E-state index in [9.17, 15) is 27.9 Å². The fourth-order valence-corrected chi connectivity index (χ4v) is 4.06. The Hall–Kier alpha value is -4.89. The second kappa shape index (κ2) is 11.5. The van der Waals surface area contributed by atoms with Gasteiger partial charge in [0, 0.05) is 22.5 Å². The fourth-order valence-electron chi connectivity index (χ4n) is 3.94. The Bertz CT molecular complexity index is 1800. The molecule has 5 rings (SSSR count). The Morgan fingerprint density at radius 2 is 1.83 bits per heavy atom. The highest BCUT2D eigenvalue weighted by Gasteiger charge is 2.39. The van der Waals surface area contributed by atoms with Gasteiger partial charge in [-0.3, -0.25) is 9.36 Å². The zero-order valence-electron chi connectivity index (χ0n) is 21.7. The number of amides is 1. The maximum Gasteiger partial charge on any atom is 0.416 e. The molecule has 42 heavy (non-hydrogen) atoms. The van der Waals surface area contributed by atoms with E-state index < -0.39 is 30.4 Å². The third-order valence-corrected chi connectivity index (χ3v) is 6.23. The van der Waals surface area contributed by atoms with Crippen LogP contribution >= 0.6 is 11.6 Å². The average molecular weight is 600 g/mol. The first-order valence-corrected chi connectivity index (χ1v) is 12.7. The first-order valence-electron chi connectivity index (χ1n) is 12.3. The van der Waals surface area contributed by atoms with Crippen molar-refractivity contribution in [1.29, 1.82) is 0 Å². The molecule has 0 spiro atoms. The summed E-state index contributed by atoms with van der Waals surface area (Å²) in [7, 11) is 0. The lowest BCUT2D eigenvalue weighted by molar-refractivity contribution is -0.207. The lowest BCUT2D eigenvalue weighted by Crippen LogP contribution is -2.37. The molecule has 12 nitrogen and oxygen atoms in total. The van der Waals surface area contributed by atoms with Gasteiger partial charge in [0.1, 0.15) is 24.3 Å². The van der Waals surface area contributed by atoms with Crippen LogP contribution in [0.2, 0.25) is 5.02 Å². The van der Waals surface area contributed by atoms with Crippen LogP contribution in [0.25, 0.3) is 17.1 Å². The van der Waals surface area contributed by atoms with Crippen LogP contribution in [0.5, 0.6) is 0 Å². The van der Waals surface area contributed by atoms with Crippen LogP contribution in [-0.4, -0.2) is 62.4 Å². The Labute approximate surface area is 240 Å². The predicted molar refractivity (Wildman–Crippen MR) is 144 cm³/mol. The molecule has 0 unspecified atom stereocenters. The van der Waals surface area contributed by atoms with E-state index in [1.807, 2.05) is 0 Å². The van der Waals surface area contributed by atoms with Gasteiger partial charge in [-0.1, -0.05) is 17.7 Å². The summed E-state index contributed by atoms with van der Waals surface area (Å²) in [6.45, 7) is 0.374. The molecule has 1 atom stereocenters. The van der Waals surface area contributed by atoms with Crippen LogP contribution in [0.15, 0.2) is 71.9 Å². The van der Waals surface area contributed by atoms with Gasteiger partial charge in [-0.15, -0.1) is 10.2 Å². The van der Waals surface area contributed by atoms with Crippen LogP contribution in [0.1, 0.15) is 22.0 Å². The third kappa shape index (κ3) is 6.21. The van der Waals surface area contributed by atoms with Crippen molar-refractivity contribution in [2.75, 3.05) is 5.32 Å².